The Morgan fingerprint density at radius 1 is 0.828 bits per heavy atom. The molecule has 2 heterocycles. The van der Waals surface area contributed by atoms with E-state index in [9.17, 15) is 26.3 Å². The van der Waals surface area contributed by atoms with Crippen molar-refractivity contribution < 1.29 is 4.74 Å². The van der Waals surface area contributed by atoms with Gasteiger partial charge in [0.1, 0.15) is 35.0 Å². The van der Waals surface area contributed by atoms with Gasteiger partial charge in [0.2, 0.25) is 11.3 Å². The number of aromatic nitrogens is 2. The number of hydrogen-bond donors (Lipinski definition) is 1. The van der Waals surface area contributed by atoms with Crippen molar-refractivity contribution in [2.45, 2.75) is 5.41 Å². The molecule has 2 aromatic carbocycles. The first-order valence-electron chi connectivity index (χ1n) is 8.04. The molecule has 29 heavy (non-hydrogen) atoms. The van der Waals surface area contributed by atoms with Crippen molar-refractivity contribution in [1.82, 2.24) is 9.97 Å². The van der Waals surface area contributed by atoms with Crippen LogP contribution in [0.4, 0.5) is 0 Å². The number of fused-ring (bicyclic) bond motifs is 6. The van der Waals surface area contributed by atoms with Crippen molar-refractivity contribution in [2.75, 3.05) is 0 Å². The number of benzene rings is 2. The Labute approximate surface area is 163 Å². The van der Waals surface area contributed by atoms with Crippen molar-refractivity contribution in [3.05, 3.63) is 52.7 Å². The molecular formula is C20H6N8O. The zero-order chi connectivity index (χ0) is 20.8. The summed E-state index contributed by atoms with van der Waals surface area (Å²) in [4.78, 5) is 8.47. The maximum absolute atomic E-state index is 9.93. The molecule has 0 atom stereocenters. The van der Waals surface area contributed by atoms with Gasteiger partial charge in [0, 0.05) is 10.8 Å². The molecule has 2 N–H and O–H groups in total. The summed E-state index contributed by atoms with van der Waals surface area (Å²) in [6.45, 7) is 0. The molecule has 0 amide bonds. The summed E-state index contributed by atoms with van der Waals surface area (Å²) in [6.07, 6.45) is 0. The van der Waals surface area contributed by atoms with Gasteiger partial charge < -0.3 is 10.5 Å². The molecule has 0 unspecified atom stereocenters. The lowest BCUT2D eigenvalue weighted by atomic mass is 9.74. The van der Waals surface area contributed by atoms with E-state index < -0.39 is 5.41 Å². The fourth-order valence-electron chi connectivity index (χ4n) is 3.40. The predicted molar refractivity (Wildman–Crippen MR) is 96.8 cm³/mol. The van der Waals surface area contributed by atoms with E-state index in [1.165, 1.54) is 0 Å². The highest BCUT2D eigenvalue weighted by Crippen LogP contribution is 2.49. The van der Waals surface area contributed by atoms with Gasteiger partial charge in [-0.05, 0) is 0 Å². The van der Waals surface area contributed by atoms with Crippen LogP contribution < -0.4 is 10.5 Å². The van der Waals surface area contributed by atoms with Crippen molar-refractivity contribution in [1.29, 1.82) is 26.3 Å². The van der Waals surface area contributed by atoms with Crippen LogP contribution in [0.5, 0.6) is 5.75 Å². The van der Waals surface area contributed by atoms with E-state index in [2.05, 4.69) is 9.97 Å². The van der Waals surface area contributed by atoms with E-state index >= 15 is 0 Å². The van der Waals surface area contributed by atoms with E-state index in [4.69, 9.17) is 10.5 Å². The van der Waals surface area contributed by atoms with Gasteiger partial charge in [0.05, 0.1) is 23.2 Å². The van der Waals surface area contributed by atoms with Crippen molar-refractivity contribution in [3.63, 3.8) is 0 Å². The molecule has 9 heteroatoms. The minimum absolute atomic E-state index is 0.0117. The highest BCUT2D eigenvalue weighted by molar-refractivity contribution is 6.10. The maximum atomic E-state index is 9.93. The molecule has 132 valence electrons. The first kappa shape index (κ1) is 17.3. The lowest BCUT2D eigenvalue weighted by Gasteiger charge is -2.29. The third kappa shape index (κ3) is 2.03. The SMILES string of the molecule is N#CC1=C(N)Oc2c(c3nc(C#N)c(C#N)nc3c3ccccc23)C1(C#N)C#N. The average Bonchev–Trinajstić information content (AvgIpc) is 2.77. The van der Waals surface area contributed by atoms with E-state index in [0.29, 0.717) is 10.8 Å². The third-order valence-electron chi connectivity index (χ3n) is 4.65. The quantitative estimate of drug-likeness (QED) is 0.574. The summed E-state index contributed by atoms with van der Waals surface area (Å²) in [5, 5.41) is 49.1. The Hall–Kier alpha value is -5.17. The Kier molecular flexibility index (Phi) is 3.53. The number of rotatable bonds is 0. The monoisotopic (exact) mass is 374 g/mol. The van der Waals surface area contributed by atoms with Gasteiger partial charge in [-0.1, -0.05) is 24.3 Å². The Bertz CT molecular complexity index is 1490. The summed E-state index contributed by atoms with van der Waals surface area (Å²) in [7, 11) is 0. The molecule has 0 saturated carbocycles. The molecule has 0 saturated heterocycles. The molecule has 0 radical (unpaired) electrons. The van der Waals surface area contributed by atoms with Crippen molar-refractivity contribution in [2.24, 2.45) is 5.73 Å². The molecule has 1 aliphatic rings. The van der Waals surface area contributed by atoms with Crippen LogP contribution in [0.25, 0.3) is 21.8 Å². The Balaban J connectivity index is 2.38. The van der Waals surface area contributed by atoms with Crippen LogP contribution >= 0.6 is 0 Å². The molecule has 9 nitrogen and oxygen atoms in total. The lowest BCUT2D eigenvalue weighted by molar-refractivity contribution is 0.392. The van der Waals surface area contributed by atoms with E-state index in [-0.39, 0.29) is 45.2 Å². The predicted octanol–water partition coefficient (Wildman–Crippen LogP) is 1.90. The average molecular weight is 374 g/mol. The number of allylic oxidation sites excluding steroid dienone is 1. The fourth-order valence-corrected chi connectivity index (χ4v) is 3.40. The maximum Gasteiger partial charge on any atom is 0.214 e. The summed E-state index contributed by atoms with van der Waals surface area (Å²) < 4.78 is 5.66. The smallest absolute Gasteiger partial charge is 0.214 e. The van der Waals surface area contributed by atoms with Crippen molar-refractivity contribution >= 4 is 21.8 Å². The van der Waals surface area contributed by atoms with Gasteiger partial charge in [0.25, 0.3) is 0 Å². The minimum Gasteiger partial charge on any atom is -0.439 e. The largest absolute Gasteiger partial charge is 0.439 e. The molecule has 0 spiro atoms. The molecule has 1 aromatic heterocycles. The standard InChI is InChI=1S/C20H6N8O/c21-5-12-19(26)29-18-11-4-2-1-3-10(11)16-17(15(18)20(12,8-24)9-25)28-14(7-23)13(6-22)27-16/h1-4H,26H2. The Morgan fingerprint density at radius 2 is 1.41 bits per heavy atom. The van der Waals surface area contributed by atoms with Crippen LogP contribution in [0.15, 0.2) is 35.7 Å². The second-order valence-corrected chi connectivity index (χ2v) is 6.02. The fraction of sp³-hybridized carbons (Fsp3) is 0.0500. The molecule has 0 aliphatic carbocycles. The van der Waals surface area contributed by atoms with Gasteiger partial charge >= 0.3 is 0 Å². The van der Waals surface area contributed by atoms with E-state index in [0.717, 1.165) is 0 Å². The molecule has 0 bridgehead atoms. The summed E-state index contributed by atoms with van der Waals surface area (Å²) in [5.74, 6) is -0.287. The molecule has 3 aromatic rings. The molecule has 0 fully saturated rings. The van der Waals surface area contributed by atoms with Crippen LogP contribution in [0.1, 0.15) is 17.0 Å². The van der Waals surface area contributed by atoms with Crippen molar-refractivity contribution in [3.8, 4) is 36.1 Å². The van der Waals surface area contributed by atoms with Gasteiger partial charge in [-0.25, -0.2) is 9.97 Å². The van der Waals surface area contributed by atoms with Crippen LogP contribution in [0, 0.1) is 56.7 Å². The van der Waals surface area contributed by atoms with E-state index in [1.54, 1.807) is 36.4 Å². The Morgan fingerprint density at radius 3 is 1.97 bits per heavy atom. The van der Waals surface area contributed by atoms with Gasteiger partial charge in [-0.3, -0.25) is 0 Å². The third-order valence-corrected chi connectivity index (χ3v) is 4.65. The highest BCUT2D eigenvalue weighted by Gasteiger charge is 2.48. The number of ether oxygens (including phenoxy) is 1. The first-order valence-corrected chi connectivity index (χ1v) is 8.04. The lowest BCUT2D eigenvalue weighted by Crippen LogP contribution is -2.34. The zero-order valence-electron chi connectivity index (χ0n) is 14.4. The number of nitriles is 5. The zero-order valence-corrected chi connectivity index (χ0v) is 14.4. The molecule has 4 rings (SSSR count). The number of nitrogens with zero attached hydrogens (tertiary/aromatic N) is 7. The number of hydrogen-bond acceptors (Lipinski definition) is 9. The number of nitrogens with two attached hydrogens (primary N) is 1. The van der Waals surface area contributed by atoms with E-state index in [1.807, 2.05) is 18.2 Å². The highest BCUT2D eigenvalue weighted by atomic mass is 16.5. The first-order chi connectivity index (χ1) is 14.1. The van der Waals surface area contributed by atoms with Gasteiger partial charge in [-0.15, -0.1) is 0 Å². The topological polar surface area (TPSA) is 180 Å². The minimum atomic E-state index is -2.12. The normalized spacial score (nSPS) is 13.9. The second kappa shape index (κ2) is 5.93. The molecular weight excluding hydrogens is 368 g/mol. The van der Waals surface area contributed by atoms with Crippen LogP contribution in [-0.4, -0.2) is 9.97 Å². The molecule has 1 aliphatic heterocycles. The van der Waals surface area contributed by atoms with Gasteiger partial charge in [0.15, 0.2) is 11.4 Å². The second-order valence-electron chi connectivity index (χ2n) is 6.02. The van der Waals surface area contributed by atoms with Gasteiger partial charge in [-0.2, -0.15) is 26.3 Å². The van der Waals surface area contributed by atoms with Crippen LogP contribution in [0.3, 0.4) is 0 Å². The summed E-state index contributed by atoms with van der Waals surface area (Å²) in [6, 6.07) is 15.9. The van der Waals surface area contributed by atoms with Crippen LogP contribution in [-0.2, 0) is 5.41 Å². The van der Waals surface area contributed by atoms with Crippen LogP contribution in [0.2, 0.25) is 0 Å². The summed E-state index contributed by atoms with van der Waals surface area (Å²) in [5.41, 5.74) is 3.08. The summed E-state index contributed by atoms with van der Waals surface area (Å²) >= 11 is 0.